The van der Waals surface area contributed by atoms with E-state index in [9.17, 15) is 0 Å². The van der Waals surface area contributed by atoms with Gasteiger partial charge in [0.05, 0.1) is 6.61 Å². The molecule has 2 aliphatic rings. The van der Waals surface area contributed by atoms with Gasteiger partial charge in [-0.2, -0.15) is 0 Å². The Morgan fingerprint density at radius 2 is 2.00 bits per heavy atom. The molecule has 1 heterocycles. The molecule has 1 N–H and O–H groups in total. The average molecular weight is 240 g/mol. The fraction of sp³-hybridized carbons (Fsp3) is 1.00. The van der Waals surface area contributed by atoms with Crippen LogP contribution in [0.1, 0.15) is 32.1 Å². The molecule has 1 aliphatic carbocycles. The largest absolute Gasteiger partial charge is 0.383 e. The fourth-order valence-corrected chi connectivity index (χ4v) is 3.68. The Bertz CT molecular complexity index is 216. The van der Waals surface area contributed by atoms with Crippen molar-refractivity contribution in [2.75, 3.05) is 40.4 Å². The van der Waals surface area contributed by atoms with Gasteiger partial charge < -0.3 is 10.1 Å². The normalized spacial score (nSPS) is 32.1. The SMILES string of the molecule is CNCC(COC)N1CCC2CCCCC2C1. The fourth-order valence-electron chi connectivity index (χ4n) is 3.68. The molecule has 1 saturated carbocycles. The molecule has 0 bridgehead atoms. The second-order valence-electron chi connectivity index (χ2n) is 5.76. The van der Waals surface area contributed by atoms with Crippen LogP contribution in [-0.2, 0) is 4.74 Å². The van der Waals surface area contributed by atoms with E-state index in [1.165, 1.54) is 45.2 Å². The van der Waals surface area contributed by atoms with E-state index in [-0.39, 0.29) is 0 Å². The molecule has 1 aliphatic heterocycles. The van der Waals surface area contributed by atoms with Crippen LogP contribution in [0.5, 0.6) is 0 Å². The Kier molecular flexibility index (Phi) is 5.26. The molecule has 0 spiro atoms. The van der Waals surface area contributed by atoms with Crippen molar-refractivity contribution in [2.45, 2.75) is 38.1 Å². The summed E-state index contributed by atoms with van der Waals surface area (Å²) in [6.45, 7) is 4.49. The number of nitrogens with zero attached hydrogens (tertiary/aromatic N) is 1. The van der Waals surface area contributed by atoms with Crippen LogP contribution in [0.2, 0.25) is 0 Å². The summed E-state index contributed by atoms with van der Waals surface area (Å²) < 4.78 is 5.36. The van der Waals surface area contributed by atoms with E-state index >= 15 is 0 Å². The van der Waals surface area contributed by atoms with Gasteiger partial charge in [-0.3, -0.25) is 4.90 Å². The Balaban J connectivity index is 1.88. The minimum atomic E-state index is 0.563. The maximum Gasteiger partial charge on any atom is 0.0630 e. The van der Waals surface area contributed by atoms with Gasteiger partial charge in [-0.05, 0) is 38.3 Å². The summed E-state index contributed by atoms with van der Waals surface area (Å²) in [5, 5.41) is 3.30. The van der Waals surface area contributed by atoms with Crippen LogP contribution in [0.15, 0.2) is 0 Å². The standard InChI is InChI=1S/C14H28N2O/c1-15-9-14(11-17-2)16-8-7-12-5-3-4-6-13(12)10-16/h12-15H,3-11H2,1-2H3. The van der Waals surface area contributed by atoms with Crippen LogP contribution in [0.3, 0.4) is 0 Å². The van der Waals surface area contributed by atoms with Crippen molar-refractivity contribution >= 4 is 0 Å². The van der Waals surface area contributed by atoms with Crippen molar-refractivity contribution in [3.05, 3.63) is 0 Å². The molecule has 0 amide bonds. The lowest BCUT2D eigenvalue weighted by Gasteiger charge is -2.44. The molecule has 100 valence electrons. The zero-order valence-electron chi connectivity index (χ0n) is 11.5. The molecule has 0 aromatic heterocycles. The molecule has 1 saturated heterocycles. The van der Waals surface area contributed by atoms with Gasteiger partial charge in [-0.25, -0.2) is 0 Å². The highest BCUT2D eigenvalue weighted by molar-refractivity contribution is 4.86. The summed E-state index contributed by atoms with van der Waals surface area (Å²) in [4.78, 5) is 2.66. The first-order valence-corrected chi connectivity index (χ1v) is 7.22. The predicted molar refractivity (Wildman–Crippen MR) is 71.2 cm³/mol. The quantitative estimate of drug-likeness (QED) is 0.792. The van der Waals surface area contributed by atoms with Crippen LogP contribution < -0.4 is 5.32 Å². The van der Waals surface area contributed by atoms with Gasteiger partial charge in [0, 0.05) is 26.2 Å². The highest BCUT2D eigenvalue weighted by Crippen LogP contribution is 2.36. The van der Waals surface area contributed by atoms with Crippen LogP contribution in [-0.4, -0.2) is 51.3 Å². The first kappa shape index (κ1) is 13.3. The second-order valence-corrected chi connectivity index (χ2v) is 5.76. The molecule has 3 unspecified atom stereocenters. The molecule has 0 aromatic carbocycles. The van der Waals surface area contributed by atoms with Crippen molar-refractivity contribution in [3.8, 4) is 0 Å². The number of methoxy groups -OCH3 is 1. The monoisotopic (exact) mass is 240 g/mol. The maximum atomic E-state index is 5.36. The number of likely N-dealkylation sites (N-methyl/N-ethyl adjacent to an activating group) is 1. The molecule has 2 rings (SSSR count). The summed E-state index contributed by atoms with van der Waals surface area (Å²) in [6.07, 6.45) is 7.28. The Hall–Kier alpha value is -0.120. The number of hydrogen-bond acceptors (Lipinski definition) is 3. The first-order valence-electron chi connectivity index (χ1n) is 7.22. The molecule has 3 nitrogen and oxygen atoms in total. The third-order valence-corrected chi connectivity index (χ3v) is 4.64. The number of rotatable bonds is 5. The molecule has 3 atom stereocenters. The van der Waals surface area contributed by atoms with Gasteiger partial charge in [-0.1, -0.05) is 19.3 Å². The van der Waals surface area contributed by atoms with E-state index in [4.69, 9.17) is 4.74 Å². The number of fused-ring (bicyclic) bond motifs is 1. The van der Waals surface area contributed by atoms with Gasteiger partial charge >= 0.3 is 0 Å². The minimum absolute atomic E-state index is 0.563. The van der Waals surface area contributed by atoms with Gasteiger partial charge in [-0.15, -0.1) is 0 Å². The summed E-state index contributed by atoms with van der Waals surface area (Å²) in [5.41, 5.74) is 0. The predicted octanol–water partition coefficient (Wildman–Crippen LogP) is 1.73. The maximum absolute atomic E-state index is 5.36. The van der Waals surface area contributed by atoms with Gasteiger partial charge in [0.15, 0.2) is 0 Å². The van der Waals surface area contributed by atoms with E-state index in [0.29, 0.717) is 6.04 Å². The Morgan fingerprint density at radius 3 is 2.71 bits per heavy atom. The molecule has 0 aromatic rings. The highest BCUT2D eigenvalue weighted by atomic mass is 16.5. The molecular weight excluding hydrogens is 212 g/mol. The third kappa shape index (κ3) is 3.43. The third-order valence-electron chi connectivity index (χ3n) is 4.64. The van der Waals surface area contributed by atoms with E-state index in [1.54, 1.807) is 0 Å². The molecule has 17 heavy (non-hydrogen) atoms. The van der Waals surface area contributed by atoms with Crippen LogP contribution in [0, 0.1) is 11.8 Å². The lowest BCUT2D eigenvalue weighted by atomic mass is 9.75. The number of nitrogens with one attached hydrogen (secondary N) is 1. The zero-order chi connectivity index (χ0) is 12.1. The van der Waals surface area contributed by atoms with Gasteiger partial charge in [0.25, 0.3) is 0 Å². The second kappa shape index (κ2) is 6.72. The lowest BCUT2D eigenvalue weighted by Crippen LogP contribution is -2.51. The van der Waals surface area contributed by atoms with Gasteiger partial charge in [0.2, 0.25) is 0 Å². The summed E-state index contributed by atoms with van der Waals surface area (Å²) in [7, 11) is 3.85. The number of hydrogen-bond donors (Lipinski definition) is 1. The first-order chi connectivity index (χ1) is 8.35. The van der Waals surface area contributed by atoms with E-state index < -0.39 is 0 Å². The smallest absolute Gasteiger partial charge is 0.0630 e. The van der Waals surface area contributed by atoms with E-state index in [0.717, 1.165) is 25.0 Å². The van der Waals surface area contributed by atoms with Crippen molar-refractivity contribution < 1.29 is 4.74 Å². The van der Waals surface area contributed by atoms with Crippen molar-refractivity contribution in [3.63, 3.8) is 0 Å². The Labute approximate surface area is 106 Å². The summed E-state index contributed by atoms with van der Waals surface area (Å²) >= 11 is 0. The van der Waals surface area contributed by atoms with Crippen LogP contribution in [0.25, 0.3) is 0 Å². The summed E-state index contributed by atoms with van der Waals surface area (Å²) in [5.74, 6) is 1.99. The van der Waals surface area contributed by atoms with Crippen molar-refractivity contribution in [2.24, 2.45) is 11.8 Å². The van der Waals surface area contributed by atoms with E-state index in [1.807, 2.05) is 14.2 Å². The van der Waals surface area contributed by atoms with Gasteiger partial charge in [0.1, 0.15) is 0 Å². The molecule has 3 heteroatoms. The highest BCUT2D eigenvalue weighted by Gasteiger charge is 2.33. The number of piperidine rings is 1. The molecule has 0 radical (unpaired) electrons. The van der Waals surface area contributed by atoms with Crippen molar-refractivity contribution in [1.82, 2.24) is 10.2 Å². The number of likely N-dealkylation sites (tertiary alicyclic amines) is 1. The number of ether oxygens (including phenoxy) is 1. The van der Waals surface area contributed by atoms with Crippen LogP contribution in [0.4, 0.5) is 0 Å². The van der Waals surface area contributed by atoms with Crippen molar-refractivity contribution in [1.29, 1.82) is 0 Å². The average Bonchev–Trinajstić information content (AvgIpc) is 2.38. The molecule has 2 fully saturated rings. The lowest BCUT2D eigenvalue weighted by molar-refractivity contribution is 0.0252. The zero-order valence-corrected chi connectivity index (χ0v) is 11.5. The van der Waals surface area contributed by atoms with E-state index in [2.05, 4.69) is 10.2 Å². The molecular formula is C14H28N2O. The van der Waals surface area contributed by atoms with Crippen LogP contribution >= 0.6 is 0 Å². The topological polar surface area (TPSA) is 24.5 Å². The Morgan fingerprint density at radius 1 is 1.24 bits per heavy atom. The summed E-state index contributed by atoms with van der Waals surface area (Å²) in [6, 6.07) is 0.563. The minimum Gasteiger partial charge on any atom is -0.383 e.